The Hall–Kier alpha value is -3.02. The number of methoxy groups -OCH3 is 1. The Morgan fingerprint density at radius 3 is 2.59 bits per heavy atom. The fraction of sp³-hybridized carbons (Fsp3) is 0.333. The highest BCUT2D eigenvalue weighted by molar-refractivity contribution is 5.83. The van der Waals surface area contributed by atoms with Gasteiger partial charge in [0.05, 0.1) is 19.9 Å². The van der Waals surface area contributed by atoms with Crippen molar-refractivity contribution in [1.29, 1.82) is 0 Å². The van der Waals surface area contributed by atoms with Crippen LogP contribution in [0.4, 0.5) is 0 Å². The Kier molecular flexibility index (Phi) is 7.67. The number of amides is 1. The summed E-state index contributed by atoms with van der Waals surface area (Å²) in [6.07, 6.45) is 2.46. The molecule has 0 radical (unpaired) electrons. The first-order chi connectivity index (χ1) is 13.0. The molecule has 0 atom stereocenters. The minimum absolute atomic E-state index is 0.104. The molecule has 0 saturated carbocycles. The van der Waals surface area contributed by atoms with E-state index in [1.165, 1.54) is 5.56 Å². The van der Waals surface area contributed by atoms with Gasteiger partial charge in [0.2, 0.25) is 0 Å². The van der Waals surface area contributed by atoms with Crippen molar-refractivity contribution >= 4 is 12.1 Å². The third-order valence-electron chi connectivity index (χ3n) is 3.90. The van der Waals surface area contributed by atoms with Crippen LogP contribution in [0.15, 0.2) is 41.5 Å². The first kappa shape index (κ1) is 20.3. The molecule has 6 heteroatoms. The van der Waals surface area contributed by atoms with Gasteiger partial charge in [-0.3, -0.25) is 4.79 Å². The van der Waals surface area contributed by atoms with Gasteiger partial charge >= 0.3 is 0 Å². The zero-order chi connectivity index (χ0) is 19.6. The van der Waals surface area contributed by atoms with E-state index in [0.717, 1.165) is 17.5 Å². The highest BCUT2D eigenvalue weighted by atomic mass is 16.5. The van der Waals surface area contributed by atoms with E-state index in [2.05, 4.69) is 10.5 Å². The van der Waals surface area contributed by atoms with Crippen LogP contribution in [0.3, 0.4) is 0 Å². The van der Waals surface area contributed by atoms with E-state index in [0.29, 0.717) is 23.9 Å². The van der Waals surface area contributed by atoms with Crippen LogP contribution >= 0.6 is 0 Å². The van der Waals surface area contributed by atoms with Crippen LogP contribution < -0.4 is 19.6 Å². The molecule has 2 aromatic rings. The normalized spacial score (nSPS) is 10.7. The van der Waals surface area contributed by atoms with E-state index in [9.17, 15) is 4.79 Å². The van der Waals surface area contributed by atoms with Gasteiger partial charge in [0.1, 0.15) is 5.75 Å². The Morgan fingerprint density at radius 2 is 1.89 bits per heavy atom. The van der Waals surface area contributed by atoms with Gasteiger partial charge in [-0.05, 0) is 67.3 Å². The number of nitrogens with one attached hydrogen (secondary N) is 1. The average Bonchev–Trinajstić information content (AvgIpc) is 2.67. The standard InChI is InChI=1S/C21H26N2O4/c1-5-10-26-19-9-7-17(12-20(19)25-4)13-22-23-21(24)14-27-18-8-6-15(2)16(3)11-18/h6-9,11-13H,5,10,14H2,1-4H3,(H,23,24)/b22-13+. The van der Waals surface area contributed by atoms with Gasteiger partial charge in [0, 0.05) is 0 Å². The van der Waals surface area contributed by atoms with Crippen molar-refractivity contribution in [3.63, 3.8) is 0 Å². The molecule has 0 aromatic heterocycles. The summed E-state index contributed by atoms with van der Waals surface area (Å²) in [5, 5.41) is 3.95. The van der Waals surface area contributed by atoms with Gasteiger partial charge in [-0.25, -0.2) is 5.43 Å². The third-order valence-corrected chi connectivity index (χ3v) is 3.90. The summed E-state index contributed by atoms with van der Waals surface area (Å²) >= 11 is 0. The molecule has 0 fully saturated rings. The maximum absolute atomic E-state index is 11.9. The van der Waals surface area contributed by atoms with Crippen LogP contribution in [0.5, 0.6) is 17.2 Å². The van der Waals surface area contributed by atoms with Crippen molar-refractivity contribution in [2.75, 3.05) is 20.3 Å². The molecule has 0 saturated heterocycles. The van der Waals surface area contributed by atoms with Gasteiger partial charge in [0.25, 0.3) is 5.91 Å². The number of carbonyl (C=O) groups is 1. The van der Waals surface area contributed by atoms with E-state index in [1.807, 2.05) is 51.1 Å². The van der Waals surface area contributed by atoms with Crippen molar-refractivity contribution in [2.45, 2.75) is 27.2 Å². The number of ether oxygens (including phenoxy) is 3. The Labute approximate surface area is 160 Å². The molecular weight excluding hydrogens is 344 g/mol. The molecule has 1 N–H and O–H groups in total. The molecule has 0 aliphatic rings. The van der Waals surface area contributed by atoms with Crippen molar-refractivity contribution in [3.8, 4) is 17.2 Å². The summed E-state index contributed by atoms with van der Waals surface area (Å²) in [6.45, 7) is 6.59. The summed E-state index contributed by atoms with van der Waals surface area (Å²) in [7, 11) is 1.58. The molecule has 0 unspecified atom stereocenters. The lowest BCUT2D eigenvalue weighted by atomic mass is 10.1. The van der Waals surface area contributed by atoms with E-state index in [-0.39, 0.29) is 12.5 Å². The molecular formula is C21H26N2O4. The van der Waals surface area contributed by atoms with Crippen molar-refractivity contribution in [2.24, 2.45) is 5.10 Å². The number of nitrogens with zero attached hydrogens (tertiary/aromatic N) is 1. The van der Waals surface area contributed by atoms with Crippen LogP contribution in [0, 0.1) is 13.8 Å². The topological polar surface area (TPSA) is 69.2 Å². The van der Waals surface area contributed by atoms with Crippen molar-refractivity contribution in [1.82, 2.24) is 5.43 Å². The number of benzene rings is 2. The zero-order valence-corrected chi connectivity index (χ0v) is 16.2. The molecule has 2 aromatic carbocycles. The Morgan fingerprint density at radius 1 is 1.07 bits per heavy atom. The predicted octanol–water partition coefficient (Wildman–Crippen LogP) is 3.63. The van der Waals surface area contributed by atoms with Gasteiger partial charge in [-0.15, -0.1) is 0 Å². The second-order valence-corrected chi connectivity index (χ2v) is 6.09. The molecule has 0 heterocycles. The number of hydrogen-bond donors (Lipinski definition) is 1. The van der Waals surface area contributed by atoms with E-state index in [4.69, 9.17) is 14.2 Å². The summed E-state index contributed by atoms with van der Waals surface area (Å²) in [6, 6.07) is 11.2. The molecule has 144 valence electrons. The van der Waals surface area contributed by atoms with E-state index in [1.54, 1.807) is 19.4 Å². The van der Waals surface area contributed by atoms with E-state index < -0.39 is 0 Å². The summed E-state index contributed by atoms with van der Waals surface area (Å²) in [4.78, 5) is 11.9. The van der Waals surface area contributed by atoms with Crippen LogP contribution in [-0.4, -0.2) is 32.4 Å². The lowest BCUT2D eigenvalue weighted by molar-refractivity contribution is -0.123. The second-order valence-electron chi connectivity index (χ2n) is 6.09. The first-order valence-electron chi connectivity index (χ1n) is 8.86. The minimum Gasteiger partial charge on any atom is -0.493 e. The van der Waals surface area contributed by atoms with Crippen molar-refractivity contribution < 1.29 is 19.0 Å². The predicted molar refractivity (Wildman–Crippen MR) is 106 cm³/mol. The summed E-state index contributed by atoms with van der Waals surface area (Å²) < 4.78 is 16.4. The number of hydrazone groups is 1. The molecule has 27 heavy (non-hydrogen) atoms. The highest BCUT2D eigenvalue weighted by Gasteiger charge is 2.05. The smallest absolute Gasteiger partial charge is 0.277 e. The molecule has 0 aliphatic heterocycles. The average molecular weight is 370 g/mol. The maximum Gasteiger partial charge on any atom is 0.277 e. The van der Waals surface area contributed by atoms with E-state index >= 15 is 0 Å². The summed E-state index contributed by atoms with van der Waals surface area (Å²) in [5.74, 6) is 1.63. The third kappa shape index (κ3) is 6.33. The second kappa shape index (κ2) is 10.2. The number of aryl methyl sites for hydroxylation is 2. The molecule has 0 aliphatic carbocycles. The lowest BCUT2D eigenvalue weighted by Gasteiger charge is -2.10. The molecule has 0 bridgehead atoms. The molecule has 2 rings (SSSR count). The van der Waals surface area contributed by atoms with Crippen LogP contribution in [-0.2, 0) is 4.79 Å². The van der Waals surface area contributed by atoms with Crippen molar-refractivity contribution in [3.05, 3.63) is 53.1 Å². The fourth-order valence-corrected chi connectivity index (χ4v) is 2.26. The van der Waals surface area contributed by atoms with Crippen LogP contribution in [0.25, 0.3) is 0 Å². The highest BCUT2D eigenvalue weighted by Crippen LogP contribution is 2.27. The monoisotopic (exact) mass is 370 g/mol. The minimum atomic E-state index is -0.334. The molecule has 0 spiro atoms. The number of hydrogen-bond acceptors (Lipinski definition) is 5. The quantitative estimate of drug-likeness (QED) is 0.541. The lowest BCUT2D eigenvalue weighted by Crippen LogP contribution is -2.24. The zero-order valence-electron chi connectivity index (χ0n) is 16.2. The van der Waals surface area contributed by atoms with Gasteiger partial charge < -0.3 is 14.2 Å². The first-order valence-corrected chi connectivity index (χ1v) is 8.86. The maximum atomic E-state index is 11.9. The number of carbonyl (C=O) groups excluding carboxylic acids is 1. The SMILES string of the molecule is CCCOc1ccc(/C=N/NC(=O)COc2ccc(C)c(C)c2)cc1OC. The largest absolute Gasteiger partial charge is 0.493 e. The van der Waals surface area contributed by atoms with Gasteiger partial charge in [-0.2, -0.15) is 5.10 Å². The fourth-order valence-electron chi connectivity index (χ4n) is 2.26. The van der Waals surface area contributed by atoms with Crippen LogP contribution in [0.1, 0.15) is 30.0 Å². The summed E-state index contributed by atoms with van der Waals surface area (Å²) in [5.41, 5.74) is 5.53. The molecule has 6 nitrogen and oxygen atoms in total. The van der Waals surface area contributed by atoms with Crippen LogP contribution in [0.2, 0.25) is 0 Å². The van der Waals surface area contributed by atoms with Gasteiger partial charge in [-0.1, -0.05) is 13.0 Å². The Bertz CT molecular complexity index is 803. The number of rotatable bonds is 9. The molecule has 1 amide bonds. The Balaban J connectivity index is 1.86. The van der Waals surface area contributed by atoms with Gasteiger partial charge in [0.15, 0.2) is 18.1 Å².